The van der Waals surface area contributed by atoms with Gasteiger partial charge >= 0.3 is 107 Å². The standard InChI is InChI=1S/2Ag.Mo.2H2O.6O.W/h;;;2*1H2;;;;;;;/q2*+1;;;;;;;;2*-1;+2/p-2. The third kappa shape index (κ3) is 393. The molecule has 0 rings (SSSR count). The molecule has 0 aliphatic heterocycles. The Balaban J connectivity index is -0.0000000457. The molecule has 0 unspecified atom stereocenters. The summed E-state index contributed by atoms with van der Waals surface area (Å²) in [5, 5.41) is 0. The van der Waals surface area contributed by atoms with Crippen molar-refractivity contribution in [3.8, 4) is 0 Å². The molecule has 0 atom stereocenters. The second kappa shape index (κ2) is 9.45. The molecular formula is H2Ag2MoO8W. The van der Waals surface area contributed by atoms with Crippen LogP contribution < -0.4 is 7.52 Å². The summed E-state index contributed by atoms with van der Waals surface area (Å²) in [5.41, 5.74) is 0. The van der Waals surface area contributed by atoms with Gasteiger partial charge < -0.3 is 0 Å². The fraction of sp³-hybridized carbons (Fsp3) is 0. The van der Waals surface area contributed by atoms with E-state index in [-0.39, 0.29) is 44.8 Å². The van der Waals surface area contributed by atoms with Gasteiger partial charge in [-0.2, -0.15) is 0 Å². The third-order valence-electron chi connectivity index (χ3n) is 0. The molecule has 0 aliphatic rings. The van der Waals surface area contributed by atoms with Crippen molar-refractivity contribution in [2.45, 2.75) is 0 Å². The van der Waals surface area contributed by atoms with Gasteiger partial charge in [-0.1, -0.05) is 0 Å². The van der Waals surface area contributed by atoms with Crippen LogP contribution >= 0.6 is 0 Å². The molecule has 0 radical (unpaired) electrons. The van der Waals surface area contributed by atoms with E-state index in [1.54, 1.807) is 0 Å². The van der Waals surface area contributed by atoms with E-state index < -0.39 is 33.5 Å². The summed E-state index contributed by atoms with van der Waals surface area (Å²) in [6, 6.07) is 0. The van der Waals surface area contributed by atoms with Gasteiger partial charge in [0.1, 0.15) is 0 Å². The second-order valence-electron chi connectivity index (χ2n) is 0.856. The van der Waals surface area contributed by atoms with E-state index in [4.69, 9.17) is 28.6 Å². The van der Waals surface area contributed by atoms with Crippen molar-refractivity contribution in [1.82, 2.24) is 0 Å². The molecule has 0 saturated carbocycles. The van der Waals surface area contributed by atoms with Crippen LogP contribution in [0.5, 0.6) is 0 Å². The van der Waals surface area contributed by atoms with Gasteiger partial charge in [0.25, 0.3) is 0 Å². The molecule has 84 valence electrons. The van der Waals surface area contributed by atoms with Gasteiger partial charge in [-0.15, -0.1) is 0 Å². The second-order valence-corrected chi connectivity index (χ2v) is 6.08. The molecule has 8 nitrogen and oxygen atoms in total. The quantitative estimate of drug-likeness (QED) is 0.259. The Kier molecular flexibility index (Phi) is 18.6. The molecule has 0 amide bonds. The summed E-state index contributed by atoms with van der Waals surface area (Å²) < 4.78 is 66.6. The number of hydrogen-bond acceptors (Lipinski definition) is 6. The first kappa shape index (κ1) is 23.6. The van der Waals surface area contributed by atoms with E-state index in [0.29, 0.717) is 0 Å². The monoisotopic (exact) mass is 626 g/mol. The zero-order valence-electron chi connectivity index (χ0n) is 4.76. The van der Waals surface area contributed by atoms with Gasteiger partial charge in [0.05, 0.1) is 0 Å². The zero-order chi connectivity index (χ0) is 9.00. The van der Waals surface area contributed by atoms with Gasteiger partial charge in [0.15, 0.2) is 0 Å². The van der Waals surface area contributed by atoms with Gasteiger partial charge in [-0.05, 0) is 0 Å². The molecule has 0 fully saturated rings. The van der Waals surface area contributed by atoms with Crippen molar-refractivity contribution in [3.05, 3.63) is 0 Å². The van der Waals surface area contributed by atoms with Crippen molar-refractivity contribution >= 4 is 0 Å². The fourth-order valence-corrected chi connectivity index (χ4v) is 0. The van der Waals surface area contributed by atoms with Crippen LogP contribution in [-0.2, 0) is 91.8 Å². The van der Waals surface area contributed by atoms with E-state index in [9.17, 15) is 0 Å². The molecule has 2 N–H and O–H groups in total. The zero-order valence-corrected chi connectivity index (χ0v) is 12.7. The Hall–Kier alpha value is 1.90. The van der Waals surface area contributed by atoms with Crippen molar-refractivity contribution in [2.24, 2.45) is 0 Å². The van der Waals surface area contributed by atoms with Gasteiger partial charge in [0, 0.05) is 0 Å². The van der Waals surface area contributed by atoms with E-state index in [2.05, 4.69) is 0 Å². The average molecular weight is 626 g/mol. The molecule has 0 saturated heterocycles. The molecular weight excluding hydrogens is 624 g/mol. The molecule has 0 heterocycles. The molecule has 0 spiro atoms. The SMILES string of the molecule is [Ag+].[Ag+].[O]=[Mo](=[O])([O-])[O-].[O]=[W](=[O])([OH])[OH]. The summed E-state index contributed by atoms with van der Waals surface area (Å²) in [4.78, 5) is 0. The normalized spacial score (nSPS) is 9.67. The summed E-state index contributed by atoms with van der Waals surface area (Å²) in [6.45, 7) is 0. The summed E-state index contributed by atoms with van der Waals surface area (Å²) in [6.07, 6.45) is 0. The van der Waals surface area contributed by atoms with Gasteiger partial charge in [-0.25, -0.2) is 0 Å². The summed E-state index contributed by atoms with van der Waals surface area (Å²) in [5.74, 6) is 0. The molecule has 0 aromatic carbocycles. The maximum absolute atomic E-state index is 8.87. The number of hydrogen-bond donors (Lipinski definition) is 2. The Morgan fingerprint density at radius 1 is 1.00 bits per heavy atom. The Bertz CT molecular complexity index is 213. The first-order valence-corrected chi connectivity index (χ1v) is 9.66. The summed E-state index contributed by atoms with van der Waals surface area (Å²) in [7, 11) is 0. The van der Waals surface area contributed by atoms with Crippen LogP contribution in [0.1, 0.15) is 0 Å². The fourth-order valence-electron chi connectivity index (χ4n) is 0. The molecule has 0 aromatic rings. The van der Waals surface area contributed by atoms with Crippen LogP contribution in [0.15, 0.2) is 0 Å². The maximum atomic E-state index is 8.87. The Morgan fingerprint density at radius 3 is 1.00 bits per heavy atom. The molecule has 0 aromatic heterocycles. The van der Waals surface area contributed by atoms with Crippen LogP contribution in [0, 0.1) is 0 Å². The third-order valence-corrected chi connectivity index (χ3v) is 0. The molecule has 12 heteroatoms. The van der Waals surface area contributed by atoms with E-state index in [0.717, 1.165) is 0 Å². The predicted molar refractivity (Wildman–Crippen MR) is 7.18 cm³/mol. The van der Waals surface area contributed by atoms with Crippen LogP contribution in [0.2, 0.25) is 0 Å². The van der Waals surface area contributed by atoms with Crippen molar-refractivity contribution < 1.29 is 107 Å². The minimum absolute atomic E-state index is 0. The Morgan fingerprint density at radius 2 is 1.00 bits per heavy atom. The molecule has 0 bridgehead atoms. The van der Waals surface area contributed by atoms with Crippen molar-refractivity contribution in [1.29, 1.82) is 0 Å². The average Bonchev–Trinajstić information content (AvgIpc) is 1.12. The van der Waals surface area contributed by atoms with Crippen molar-refractivity contribution in [2.75, 3.05) is 0 Å². The predicted octanol–water partition coefficient (Wildman–Crippen LogP) is -3.98. The van der Waals surface area contributed by atoms with Crippen LogP contribution in [-0.4, -0.2) is 7.52 Å². The van der Waals surface area contributed by atoms with Crippen molar-refractivity contribution in [3.63, 3.8) is 0 Å². The first-order chi connectivity index (χ1) is 4.00. The number of rotatable bonds is 0. The summed E-state index contributed by atoms with van der Waals surface area (Å²) >= 11 is -11.7. The topological polar surface area (TPSA) is 155 Å². The molecule has 0 aliphatic carbocycles. The van der Waals surface area contributed by atoms with Crippen LogP contribution in [0.25, 0.3) is 0 Å². The minimum atomic E-state index is -6.02. The van der Waals surface area contributed by atoms with E-state index in [1.165, 1.54) is 0 Å². The van der Waals surface area contributed by atoms with Crippen LogP contribution in [0.3, 0.4) is 0 Å². The Labute approximate surface area is 105 Å². The van der Waals surface area contributed by atoms with Gasteiger partial charge in [0.2, 0.25) is 0 Å². The first-order valence-electron chi connectivity index (χ1n) is 1.37. The van der Waals surface area contributed by atoms with Gasteiger partial charge in [-0.3, -0.25) is 0 Å². The van der Waals surface area contributed by atoms with E-state index in [1.807, 2.05) is 0 Å². The van der Waals surface area contributed by atoms with Crippen LogP contribution in [0.4, 0.5) is 0 Å². The van der Waals surface area contributed by atoms with E-state index >= 15 is 0 Å². The molecule has 12 heavy (non-hydrogen) atoms.